The van der Waals surface area contributed by atoms with Crippen molar-refractivity contribution < 1.29 is 28.6 Å². The van der Waals surface area contributed by atoms with Crippen LogP contribution in [-0.2, 0) is 28.6 Å². The van der Waals surface area contributed by atoms with Crippen molar-refractivity contribution in [3.63, 3.8) is 0 Å². The Morgan fingerprint density at radius 2 is 0.597 bits per heavy atom. The zero-order chi connectivity index (χ0) is 52.2. The third-order valence-corrected chi connectivity index (χ3v) is 12.8. The fourth-order valence-corrected chi connectivity index (χ4v) is 8.31. The second kappa shape index (κ2) is 59.9. The summed E-state index contributed by atoms with van der Waals surface area (Å²) in [4.78, 5) is 38.1. The van der Waals surface area contributed by atoms with Crippen LogP contribution in [0.4, 0.5) is 0 Å². The van der Waals surface area contributed by atoms with Crippen LogP contribution in [0.5, 0.6) is 0 Å². The average Bonchev–Trinajstić information content (AvgIpc) is 3.38. The molecule has 0 saturated carbocycles. The van der Waals surface area contributed by atoms with Crippen molar-refractivity contribution in [2.45, 2.75) is 290 Å². The predicted molar refractivity (Wildman–Crippen MR) is 311 cm³/mol. The van der Waals surface area contributed by atoms with Crippen LogP contribution < -0.4 is 0 Å². The van der Waals surface area contributed by atoms with E-state index in [9.17, 15) is 14.4 Å². The van der Waals surface area contributed by atoms with Crippen LogP contribution in [0.25, 0.3) is 0 Å². The van der Waals surface area contributed by atoms with Gasteiger partial charge in [0.1, 0.15) is 13.2 Å². The first-order chi connectivity index (χ1) is 35.5. The van der Waals surface area contributed by atoms with Crippen LogP contribution >= 0.6 is 0 Å². The molecule has 412 valence electrons. The Kier molecular flexibility index (Phi) is 56.8. The molecule has 0 aliphatic rings. The fourth-order valence-electron chi connectivity index (χ4n) is 8.31. The summed E-state index contributed by atoms with van der Waals surface area (Å²) >= 11 is 0. The van der Waals surface area contributed by atoms with Gasteiger partial charge in [-0.05, 0) is 103 Å². The minimum Gasteiger partial charge on any atom is -0.462 e. The van der Waals surface area contributed by atoms with Gasteiger partial charge in [0, 0.05) is 12.8 Å². The molecule has 72 heavy (non-hydrogen) atoms. The molecule has 0 aliphatic carbocycles. The second-order valence-electron chi connectivity index (χ2n) is 19.9. The molecular formula is C66H112O6. The predicted octanol–water partition coefficient (Wildman–Crippen LogP) is 20.5. The molecule has 0 aromatic rings. The van der Waals surface area contributed by atoms with Gasteiger partial charge in [0.25, 0.3) is 0 Å². The van der Waals surface area contributed by atoms with Crippen molar-refractivity contribution in [2.75, 3.05) is 13.2 Å². The number of esters is 3. The van der Waals surface area contributed by atoms with Gasteiger partial charge in [-0.1, -0.05) is 259 Å². The molecule has 0 saturated heterocycles. The molecule has 0 aromatic heterocycles. The summed E-state index contributed by atoms with van der Waals surface area (Å²) in [6.45, 7) is 6.42. The van der Waals surface area contributed by atoms with E-state index in [0.29, 0.717) is 12.8 Å². The van der Waals surface area contributed by atoms with Crippen molar-refractivity contribution in [3.8, 4) is 0 Å². The molecule has 1 atom stereocenters. The van der Waals surface area contributed by atoms with Gasteiger partial charge in [-0.15, -0.1) is 0 Å². The smallest absolute Gasteiger partial charge is 0.309 e. The number of unbranched alkanes of at least 4 members (excludes halogenated alkanes) is 28. The fraction of sp³-hybridized carbons (Fsp3) is 0.712. The van der Waals surface area contributed by atoms with Gasteiger partial charge < -0.3 is 14.2 Å². The van der Waals surface area contributed by atoms with E-state index in [2.05, 4.69) is 106 Å². The van der Waals surface area contributed by atoms with Crippen LogP contribution in [0.3, 0.4) is 0 Å². The maximum absolute atomic E-state index is 12.9. The van der Waals surface area contributed by atoms with Gasteiger partial charge in [0.2, 0.25) is 0 Å². The van der Waals surface area contributed by atoms with Crippen LogP contribution in [0.1, 0.15) is 284 Å². The Morgan fingerprint density at radius 1 is 0.306 bits per heavy atom. The number of allylic oxidation sites excluding steroid dienone is 15. The first kappa shape index (κ1) is 68.3. The lowest BCUT2D eigenvalue weighted by atomic mass is 10.0. The largest absolute Gasteiger partial charge is 0.462 e. The van der Waals surface area contributed by atoms with Crippen LogP contribution in [0.2, 0.25) is 0 Å². The Bertz CT molecular complexity index is 1430. The molecule has 0 bridgehead atoms. The lowest BCUT2D eigenvalue weighted by Crippen LogP contribution is -2.30. The maximum atomic E-state index is 12.9. The van der Waals surface area contributed by atoms with E-state index in [1.807, 2.05) is 6.08 Å². The number of carbonyl (C=O) groups excluding carboxylic acids is 3. The Morgan fingerprint density at radius 3 is 1.00 bits per heavy atom. The minimum absolute atomic E-state index is 0.113. The van der Waals surface area contributed by atoms with E-state index in [4.69, 9.17) is 14.2 Å². The molecule has 0 aromatic carbocycles. The number of ether oxygens (including phenoxy) is 3. The van der Waals surface area contributed by atoms with Crippen molar-refractivity contribution >= 4 is 17.9 Å². The normalized spacial score (nSPS) is 12.8. The zero-order valence-corrected chi connectivity index (χ0v) is 47.2. The van der Waals surface area contributed by atoms with Gasteiger partial charge in [-0.3, -0.25) is 14.4 Å². The quantitative estimate of drug-likeness (QED) is 0.0261. The van der Waals surface area contributed by atoms with Gasteiger partial charge >= 0.3 is 17.9 Å². The zero-order valence-electron chi connectivity index (χ0n) is 47.2. The monoisotopic (exact) mass is 1000 g/mol. The molecular weight excluding hydrogens is 889 g/mol. The standard InChI is InChI=1S/C66H112O6/c1-4-7-10-13-16-19-22-25-28-30-31-32-33-34-35-36-39-41-44-47-50-53-56-59-65(68)71-62-63(61-70-64(67)58-55-52-49-46-43-40-37-27-24-21-18-15-12-9-6-3)72-66(69)60-57-54-51-48-45-42-38-29-26-23-20-17-14-11-8-5-2/h9,12,18,20-21,23,27,29-31,37-38,43,46,52,55,63H,4-8,10-11,13-17,19,22,24-26,28,32-36,39-42,44-45,47-51,53-54,56-62H2,1-3H3/b12-9-,21-18-,23-20-,31-30-,37-27-,38-29-,46-43-,55-52-. The van der Waals surface area contributed by atoms with Gasteiger partial charge in [-0.25, -0.2) is 0 Å². The van der Waals surface area contributed by atoms with Crippen molar-refractivity contribution in [1.82, 2.24) is 0 Å². The highest BCUT2D eigenvalue weighted by Crippen LogP contribution is 2.15. The molecule has 0 spiro atoms. The minimum atomic E-state index is -0.826. The van der Waals surface area contributed by atoms with E-state index in [1.54, 1.807) is 6.08 Å². The Labute approximate surface area is 445 Å². The molecule has 0 amide bonds. The summed E-state index contributed by atoms with van der Waals surface area (Å²) in [5, 5.41) is 0. The van der Waals surface area contributed by atoms with E-state index in [1.165, 1.54) is 148 Å². The summed E-state index contributed by atoms with van der Waals surface area (Å²) < 4.78 is 16.8. The van der Waals surface area contributed by atoms with Crippen LogP contribution in [0, 0.1) is 0 Å². The molecule has 0 rings (SSSR count). The Hall–Kier alpha value is -3.67. The van der Waals surface area contributed by atoms with Crippen LogP contribution in [0.15, 0.2) is 97.2 Å². The van der Waals surface area contributed by atoms with Crippen molar-refractivity contribution in [2.24, 2.45) is 0 Å². The highest BCUT2D eigenvalue weighted by molar-refractivity contribution is 5.72. The molecule has 0 aliphatic heterocycles. The lowest BCUT2D eigenvalue weighted by molar-refractivity contribution is -0.166. The third-order valence-electron chi connectivity index (χ3n) is 12.8. The summed E-state index contributed by atoms with van der Waals surface area (Å²) in [7, 11) is 0. The molecule has 0 fully saturated rings. The lowest BCUT2D eigenvalue weighted by Gasteiger charge is -2.18. The molecule has 6 heteroatoms. The van der Waals surface area contributed by atoms with E-state index in [-0.39, 0.29) is 31.6 Å². The summed E-state index contributed by atoms with van der Waals surface area (Å²) in [5.41, 5.74) is 0. The highest BCUT2D eigenvalue weighted by atomic mass is 16.6. The number of rotatable bonds is 54. The van der Waals surface area contributed by atoms with E-state index in [0.717, 1.165) is 96.3 Å². The van der Waals surface area contributed by atoms with E-state index < -0.39 is 12.1 Å². The summed E-state index contributed by atoms with van der Waals surface area (Å²) in [5.74, 6) is -1.06. The number of carbonyl (C=O) groups is 3. The molecule has 1 unspecified atom stereocenters. The molecule has 0 heterocycles. The SMILES string of the molecule is CC/C=C\C/C=C\C/C=C\C/C=C\C/C=C\CC(=O)OCC(COC(=O)CCCCCCCCCCCCC/C=C\CCCCCCCCCC)OC(=O)CCCCCCC/C=C\C/C=C\CCCCCC. The first-order valence-electron chi connectivity index (χ1n) is 30.2. The van der Waals surface area contributed by atoms with Gasteiger partial charge in [0.15, 0.2) is 6.10 Å². The number of hydrogen-bond acceptors (Lipinski definition) is 6. The van der Waals surface area contributed by atoms with Crippen LogP contribution in [-0.4, -0.2) is 37.2 Å². The summed E-state index contributed by atoms with van der Waals surface area (Å²) in [6.07, 6.45) is 80.1. The van der Waals surface area contributed by atoms with E-state index >= 15 is 0 Å². The van der Waals surface area contributed by atoms with Crippen molar-refractivity contribution in [3.05, 3.63) is 97.2 Å². The average molecular weight is 1000 g/mol. The summed E-state index contributed by atoms with van der Waals surface area (Å²) in [6, 6.07) is 0. The van der Waals surface area contributed by atoms with Gasteiger partial charge in [0.05, 0.1) is 6.42 Å². The molecule has 0 radical (unpaired) electrons. The topological polar surface area (TPSA) is 78.9 Å². The molecule has 6 nitrogen and oxygen atoms in total. The molecule has 0 N–H and O–H groups in total. The Balaban J connectivity index is 4.43. The van der Waals surface area contributed by atoms with Crippen molar-refractivity contribution in [1.29, 1.82) is 0 Å². The second-order valence-corrected chi connectivity index (χ2v) is 19.9. The first-order valence-corrected chi connectivity index (χ1v) is 30.2. The maximum Gasteiger partial charge on any atom is 0.309 e. The highest BCUT2D eigenvalue weighted by Gasteiger charge is 2.19. The number of hydrogen-bond donors (Lipinski definition) is 0. The van der Waals surface area contributed by atoms with Gasteiger partial charge in [-0.2, -0.15) is 0 Å². The third kappa shape index (κ3) is 57.2.